The van der Waals surface area contributed by atoms with E-state index in [1.165, 1.54) is 38.1 Å². The summed E-state index contributed by atoms with van der Waals surface area (Å²) in [6, 6.07) is 10.8. The number of hydrogen-bond donors (Lipinski definition) is 2. The van der Waals surface area contributed by atoms with Gasteiger partial charge >= 0.3 is 118 Å². The summed E-state index contributed by atoms with van der Waals surface area (Å²) < 4.78 is 113. The van der Waals surface area contributed by atoms with E-state index in [0.717, 1.165) is 45.8 Å². The number of aromatic nitrogens is 4. The fourth-order valence-electron chi connectivity index (χ4n) is 5.24. The van der Waals surface area contributed by atoms with Gasteiger partial charge in [-0.15, -0.1) is 20.5 Å². The number of aryl methyl sites for hydroxylation is 2. The third kappa shape index (κ3) is 12.3. The van der Waals surface area contributed by atoms with Crippen molar-refractivity contribution in [3.63, 3.8) is 0 Å². The number of fused-ring (bicyclic) bond motifs is 1. The van der Waals surface area contributed by atoms with Crippen molar-refractivity contribution in [2.24, 2.45) is 20.5 Å². The number of hydrogen-bond acceptors (Lipinski definition) is 21. The molecule has 32 heteroatoms. The maximum atomic E-state index is 12.6. The largest absolute Gasteiger partial charge is 1.00 e. The van der Waals surface area contributed by atoms with Crippen molar-refractivity contribution in [1.82, 2.24) is 19.6 Å². The third-order valence-electron chi connectivity index (χ3n) is 7.89. The molecule has 62 heavy (non-hydrogen) atoms. The van der Waals surface area contributed by atoms with Gasteiger partial charge in [0, 0.05) is 0 Å². The Bertz CT molecular complexity index is 3050. The first-order chi connectivity index (χ1) is 27.1. The molecule has 304 valence electrons. The van der Waals surface area contributed by atoms with Crippen molar-refractivity contribution in [2.75, 3.05) is 5.73 Å². The van der Waals surface area contributed by atoms with E-state index in [-0.39, 0.29) is 190 Å². The number of nitrogens with two attached hydrogens (primary N) is 1. The summed E-state index contributed by atoms with van der Waals surface area (Å²) in [6.45, 7) is 2.97. The monoisotopic (exact) mass is 1000 g/mol. The first-order valence-electron chi connectivity index (χ1n) is 15.3. The summed E-state index contributed by atoms with van der Waals surface area (Å²) in [6.07, 6.45) is 0. The normalized spacial score (nSPS) is 11.9. The molecule has 2 heterocycles. The van der Waals surface area contributed by atoms with Gasteiger partial charge in [0.05, 0.1) is 65.5 Å². The second-order valence-corrected chi connectivity index (χ2v) is 17.2. The van der Waals surface area contributed by atoms with Crippen molar-refractivity contribution in [2.45, 2.75) is 33.4 Å². The Morgan fingerprint density at radius 1 is 0.694 bits per heavy atom. The van der Waals surface area contributed by atoms with Crippen LogP contribution < -0.4 is 129 Å². The zero-order valence-corrected chi connectivity index (χ0v) is 45.4. The van der Waals surface area contributed by atoms with Crippen molar-refractivity contribution in [3.05, 3.63) is 82.1 Å². The van der Waals surface area contributed by atoms with Crippen LogP contribution in [-0.4, -0.2) is 63.6 Å². The Balaban J connectivity index is 0.00000331. The van der Waals surface area contributed by atoms with Crippen LogP contribution in [0.3, 0.4) is 0 Å². The van der Waals surface area contributed by atoms with Crippen LogP contribution in [0, 0.1) is 13.8 Å². The van der Waals surface area contributed by atoms with Crippen LogP contribution in [-0.2, 0) is 39.7 Å². The molecule has 6 rings (SSSR count). The standard InChI is InChI=1S/C30H23Cl2N9O13S4.4Na/c1-13-23(31)29(40(38-13)16-3-7-18(8-4-16)56(44,45)46)36-34-26-20(55-54-53-43)11-15-12-21(58(50,51)52)27(25(33)22(15)28(26)42)35-37-30-24(32)14(2)39-41(30)17-5-9-19(10-6-17)57(47,48)49;;;;/h3-12,42-43H,33H2,1-2H3,(H,44,45,46)(H,47,48,49)(H,50,51,52);;;;/q;4*+1/p-4. The quantitative estimate of drug-likeness (QED) is 0.0219. The van der Waals surface area contributed by atoms with Gasteiger partial charge in [0.15, 0.2) is 17.4 Å². The number of azo groups is 2. The predicted molar refractivity (Wildman–Crippen MR) is 197 cm³/mol. The van der Waals surface area contributed by atoms with Gasteiger partial charge in [-0.2, -0.15) is 14.5 Å². The van der Waals surface area contributed by atoms with Crippen LogP contribution >= 0.6 is 35.2 Å². The van der Waals surface area contributed by atoms with Crippen LogP contribution in [0.4, 0.5) is 28.7 Å². The van der Waals surface area contributed by atoms with Gasteiger partial charge in [-0.05, 0) is 79.9 Å². The van der Waals surface area contributed by atoms with Gasteiger partial charge in [-0.1, -0.05) is 23.2 Å². The van der Waals surface area contributed by atoms with Gasteiger partial charge in [0.2, 0.25) is 0 Å². The molecule has 3 N–H and O–H groups in total. The predicted octanol–water partition coefficient (Wildman–Crippen LogP) is -6.79. The van der Waals surface area contributed by atoms with Crippen LogP contribution in [0.5, 0.6) is 5.75 Å². The van der Waals surface area contributed by atoms with Gasteiger partial charge in [-0.25, -0.2) is 34.6 Å². The number of nitrogen functional groups attached to an aromatic ring is 1. The molecule has 0 fully saturated rings. The second kappa shape index (κ2) is 22.6. The molecule has 0 aliphatic rings. The molecule has 0 spiro atoms. The van der Waals surface area contributed by atoms with Crippen LogP contribution in [0.1, 0.15) is 11.4 Å². The maximum absolute atomic E-state index is 12.6. The molecule has 22 nitrogen and oxygen atoms in total. The summed E-state index contributed by atoms with van der Waals surface area (Å²) in [5.74, 6) is -1.28. The summed E-state index contributed by atoms with van der Waals surface area (Å²) in [5.41, 5.74) is 5.16. The minimum Gasteiger partial charge on any atom is -0.744 e. The molecule has 0 atom stereocenters. The first-order valence-corrected chi connectivity index (χ1v) is 21.0. The average molecular weight is 1000 g/mol. The Kier molecular flexibility index (Phi) is 20.8. The Morgan fingerprint density at radius 3 is 1.50 bits per heavy atom. The van der Waals surface area contributed by atoms with Crippen LogP contribution in [0.2, 0.25) is 10.0 Å². The molecule has 0 saturated heterocycles. The summed E-state index contributed by atoms with van der Waals surface area (Å²) >= 11 is 13.1. The maximum Gasteiger partial charge on any atom is 1.00 e. The number of phenolic OH excluding ortho intramolecular Hbond substituents is 1. The second-order valence-electron chi connectivity index (χ2n) is 11.5. The van der Waals surface area contributed by atoms with E-state index in [1.54, 1.807) is 0 Å². The molecule has 0 aliphatic heterocycles. The van der Waals surface area contributed by atoms with E-state index in [0.29, 0.717) is 0 Å². The van der Waals surface area contributed by atoms with Crippen molar-refractivity contribution >= 4 is 105 Å². The summed E-state index contributed by atoms with van der Waals surface area (Å²) in [5, 5.41) is 49.6. The number of aromatic hydroxyl groups is 1. The fraction of sp³-hybridized carbons (Fsp3) is 0.0667. The molecule has 0 radical (unpaired) electrons. The summed E-state index contributed by atoms with van der Waals surface area (Å²) in [7, 11) is -15.0. The zero-order chi connectivity index (χ0) is 42.5. The molecular weight excluding hydrogens is 986 g/mol. The van der Waals surface area contributed by atoms with Crippen molar-refractivity contribution in [3.8, 4) is 17.1 Å². The molecule has 0 amide bonds. The molecule has 4 aromatic carbocycles. The van der Waals surface area contributed by atoms with E-state index >= 15 is 0 Å². The minimum atomic E-state index is -5.42. The summed E-state index contributed by atoms with van der Waals surface area (Å²) in [4.78, 5) is -2.36. The van der Waals surface area contributed by atoms with Crippen molar-refractivity contribution in [1.29, 1.82) is 0 Å². The van der Waals surface area contributed by atoms with E-state index in [9.17, 15) is 49.3 Å². The van der Waals surface area contributed by atoms with Crippen LogP contribution in [0.25, 0.3) is 22.1 Å². The van der Waals surface area contributed by atoms with E-state index < -0.39 is 67.9 Å². The molecule has 0 saturated carbocycles. The number of halogens is 2. The Labute approximate surface area is 454 Å². The van der Waals surface area contributed by atoms with Gasteiger partial charge in [0.1, 0.15) is 51.8 Å². The van der Waals surface area contributed by atoms with Gasteiger partial charge < -0.3 is 29.8 Å². The number of anilines is 1. The molecule has 2 aromatic heterocycles. The third-order valence-corrected chi connectivity index (χ3v) is 11.9. The molecule has 0 unspecified atom stereocenters. The number of rotatable bonds is 12. The topological polar surface area (TPSA) is 344 Å². The number of benzene rings is 4. The van der Waals surface area contributed by atoms with Gasteiger partial charge in [-0.3, -0.25) is 5.04 Å². The van der Waals surface area contributed by atoms with Gasteiger partial charge in [0.25, 0.3) is 0 Å². The Morgan fingerprint density at radius 2 is 1.11 bits per heavy atom. The van der Waals surface area contributed by atoms with Crippen LogP contribution in [0.15, 0.2) is 101 Å². The number of phenols is 1. The van der Waals surface area contributed by atoms with E-state index in [4.69, 9.17) is 28.9 Å². The first kappa shape index (κ1) is 57.0. The molecule has 0 aliphatic carbocycles. The molecule has 0 bridgehead atoms. The van der Waals surface area contributed by atoms with Crippen molar-refractivity contribution < 1.29 is 177 Å². The molecule has 6 aromatic rings. The zero-order valence-electron chi connectivity index (χ0n) is 32.7. The molecular formula is C30H19Cl2N9Na4O13S4. The smallest absolute Gasteiger partial charge is 0.744 e. The number of nitrogens with zero attached hydrogens (tertiary/aromatic N) is 8. The SMILES string of the molecule is Cc1nn(-c2ccc(S(=O)(=O)[O-])cc2)c(N=Nc2c(S(=O)(=O)[O-])cc3cc(SOO[O-])c(N=Nc4c(Cl)c(C)nn4-c4ccc(S(=O)(=O)[O-])cc4)c(O)c3c2N)c1Cl.[Na+].[Na+].[Na+].[Na+]. The van der Waals surface area contributed by atoms with E-state index in [1.807, 2.05) is 0 Å². The Hall–Kier alpha value is -1.10. The van der Waals surface area contributed by atoms with E-state index in [2.05, 4.69) is 40.0 Å². The average Bonchev–Trinajstić information content (AvgIpc) is 3.60. The fourth-order valence-corrected chi connectivity index (χ4v) is 7.64. The minimum absolute atomic E-state index is 0.